The lowest BCUT2D eigenvalue weighted by Crippen LogP contribution is -2.41. The zero-order valence-corrected chi connectivity index (χ0v) is 12.9. The molecular formula is C14H20N6O2. The smallest absolute Gasteiger partial charge is 0.336 e. The minimum atomic E-state index is -0.258. The van der Waals surface area contributed by atoms with Crippen LogP contribution >= 0.6 is 0 Å². The molecule has 0 radical (unpaired) electrons. The molecule has 2 N–H and O–H groups in total. The van der Waals surface area contributed by atoms with Crippen LogP contribution in [0.5, 0.6) is 0 Å². The molecule has 0 saturated heterocycles. The maximum absolute atomic E-state index is 12.1. The van der Waals surface area contributed by atoms with E-state index < -0.39 is 0 Å². The molecule has 2 amide bonds. The Morgan fingerprint density at radius 3 is 2.82 bits per heavy atom. The predicted octanol–water partition coefficient (Wildman–Crippen LogP) is 0.351. The molecule has 0 bridgehead atoms. The van der Waals surface area contributed by atoms with Crippen LogP contribution in [0.15, 0.2) is 29.3 Å². The number of pyridine rings is 1. The van der Waals surface area contributed by atoms with E-state index in [1.54, 1.807) is 25.5 Å². The van der Waals surface area contributed by atoms with Crippen LogP contribution in [-0.4, -0.2) is 37.9 Å². The number of amides is 2. The number of rotatable bonds is 5. The van der Waals surface area contributed by atoms with Crippen molar-refractivity contribution in [1.82, 2.24) is 30.0 Å². The first-order valence-electron chi connectivity index (χ1n) is 7.07. The fraction of sp³-hybridized carbons (Fsp3) is 0.429. The van der Waals surface area contributed by atoms with E-state index in [9.17, 15) is 9.59 Å². The highest BCUT2D eigenvalue weighted by atomic mass is 16.2. The Morgan fingerprint density at radius 2 is 2.18 bits per heavy atom. The second-order valence-corrected chi connectivity index (χ2v) is 5.18. The highest BCUT2D eigenvalue weighted by Crippen LogP contribution is 2.12. The molecule has 8 heteroatoms. The minimum Gasteiger partial charge on any atom is -0.336 e. The summed E-state index contributed by atoms with van der Waals surface area (Å²) in [6.07, 6.45) is 3.32. The Hall–Kier alpha value is -2.64. The molecule has 2 heterocycles. The Morgan fingerprint density at radius 1 is 1.41 bits per heavy atom. The summed E-state index contributed by atoms with van der Waals surface area (Å²) in [5, 5.41) is 9.69. The van der Waals surface area contributed by atoms with Crippen molar-refractivity contribution in [3.8, 4) is 11.4 Å². The van der Waals surface area contributed by atoms with Gasteiger partial charge in [-0.3, -0.25) is 9.55 Å². The Bertz CT molecular complexity index is 689. The van der Waals surface area contributed by atoms with Crippen molar-refractivity contribution in [3.05, 3.63) is 35.0 Å². The average Bonchev–Trinajstić information content (AvgIpc) is 2.76. The monoisotopic (exact) mass is 304 g/mol. The van der Waals surface area contributed by atoms with E-state index in [4.69, 9.17) is 0 Å². The first-order valence-corrected chi connectivity index (χ1v) is 7.07. The number of hydrogen-bond donors (Lipinski definition) is 2. The first-order chi connectivity index (χ1) is 10.5. The van der Waals surface area contributed by atoms with E-state index in [-0.39, 0.29) is 17.8 Å². The minimum absolute atomic E-state index is 0.0646. The molecule has 2 rings (SSSR count). The molecule has 22 heavy (non-hydrogen) atoms. The van der Waals surface area contributed by atoms with Crippen LogP contribution in [0, 0.1) is 0 Å². The second kappa shape index (κ2) is 6.88. The summed E-state index contributed by atoms with van der Waals surface area (Å²) < 4.78 is 2.79. The maximum atomic E-state index is 12.1. The molecule has 2 aromatic rings. The largest absolute Gasteiger partial charge is 0.345 e. The molecule has 8 nitrogen and oxygen atoms in total. The van der Waals surface area contributed by atoms with Crippen LogP contribution < -0.4 is 16.3 Å². The van der Waals surface area contributed by atoms with Gasteiger partial charge in [0.15, 0.2) is 5.82 Å². The van der Waals surface area contributed by atoms with Crippen LogP contribution in [0.2, 0.25) is 0 Å². The van der Waals surface area contributed by atoms with Crippen molar-refractivity contribution in [3.63, 3.8) is 0 Å². The number of carbonyl (C=O) groups excluding carboxylic acids is 1. The second-order valence-electron chi connectivity index (χ2n) is 5.18. The third-order valence-corrected chi connectivity index (χ3v) is 2.99. The number of carbonyl (C=O) groups is 1. The van der Waals surface area contributed by atoms with Gasteiger partial charge >= 0.3 is 11.7 Å². The highest BCUT2D eigenvalue weighted by Gasteiger charge is 2.12. The summed E-state index contributed by atoms with van der Waals surface area (Å²) in [4.78, 5) is 27.6. The van der Waals surface area contributed by atoms with E-state index >= 15 is 0 Å². The normalized spacial score (nSPS) is 10.7. The van der Waals surface area contributed by atoms with Gasteiger partial charge in [0, 0.05) is 37.6 Å². The van der Waals surface area contributed by atoms with Crippen molar-refractivity contribution in [1.29, 1.82) is 0 Å². The SMILES string of the molecule is CC(C)NC(=O)NCCn1nc(-c2cccnc2)n(C)c1=O. The van der Waals surface area contributed by atoms with E-state index in [1.165, 1.54) is 9.25 Å². The third kappa shape index (κ3) is 3.72. The van der Waals surface area contributed by atoms with Gasteiger partial charge < -0.3 is 10.6 Å². The van der Waals surface area contributed by atoms with E-state index in [1.807, 2.05) is 19.9 Å². The summed E-state index contributed by atoms with van der Waals surface area (Å²) >= 11 is 0. The van der Waals surface area contributed by atoms with Crippen LogP contribution in [0.4, 0.5) is 4.79 Å². The van der Waals surface area contributed by atoms with Crippen molar-refractivity contribution >= 4 is 6.03 Å². The van der Waals surface area contributed by atoms with Gasteiger partial charge in [0.2, 0.25) is 0 Å². The summed E-state index contributed by atoms with van der Waals surface area (Å²) in [7, 11) is 1.66. The topological polar surface area (TPSA) is 93.8 Å². The molecule has 0 atom stereocenters. The molecule has 0 fully saturated rings. The molecule has 118 valence electrons. The number of aromatic nitrogens is 4. The standard InChI is InChI=1S/C14H20N6O2/c1-10(2)17-13(21)16-7-8-20-14(22)19(3)12(18-20)11-5-4-6-15-9-11/h4-6,9-10H,7-8H2,1-3H3,(H2,16,17,21). The van der Waals surface area contributed by atoms with E-state index in [0.717, 1.165) is 5.56 Å². The summed E-state index contributed by atoms with van der Waals surface area (Å²) in [6.45, 7) is 4.38. The molecular weight excluding hydrogens is 284 g/mol. The van der Waals surface area contributed by atoms with Gasteiger partial charge in [0.25, 0.3) is 0 Å². The van der Waals surface area contributed by atoms with Crippen molar-refractivity contribution in [2.75, 3.05) is 6.54 Å². The van der Waals surface area contributed by atoms with Crippen molar-refractivity contribution in [2.45, 2.75) is 26.4 Å². The van der Waals surface area contributed by atoms with Gasteiger partial charge in [-0.15, -0.1) is 5.10 Å². The molecule has 0 aliphatic carbocycles. The van der Waals surface area contributed by atoms with Gasteiger partial charge in [-0.25, -0.2) is 14.3 Å². The quantitative estimate of drug-likeness (QED) is 0.833. The number of hydrogen-bond acceptors (Lipinski definition) is 4. The van der Waals surface area contributed by atoms with Gasteiger partial charge in [-0.2, -0.15) is 0 Å². The Labute approximate surface area is 128 Å². The van der Waals surface area contributed by atoms with Crippen LogP contribution in [-0.2, 0) is 13.6 Å². The van der Waals surface area contributed by atoms with Gasteiger partial charge in [0.1, 0.15) is 0 Å². The van der Waals surface area contributed by atoms with Crippen LogP contribution in [0.1, 0.15) is 13.8 Å². The Balaban J connectivity index is 2.04. The highest BCUT2D eigenvalue weighted by molar-refractivity contribution is 5.73. The molecule has 0 spiro atoms. The number of urea groups is 1. The molecule has 2 aromatic heterocycles. The summed E-state index contributed by atoms with van der Waals surface area (Å²) in [5.74, 6) is 0.546. The van der Waals surface area contributed by atoms with E-state index in [2.05, 4.69) is 20.7 Å². The Kier molecular flexibility index (Phi) is 4.92. The van der Waals surface area contributed by atoms with Crippen molar-refractivity contribution < 1.29 is 4.79 Å². The van der Waals surface area contributed by atoms with Gasteiger partial charge in [0.05, 0.1) is 6.54 Å². The summed E-state index contributed by atoms with van der Waals surface area (Å²) in [5.41, 5.74) is 0.538. The molecule has 0 aliphatic rings. The van der Waals surface area contributed by atoms with Crippen molar-refractivity contribution in [2.24, 2.45) is 7.05 Å². The van der Waals surface area contributed by atoms with Crippen LogP contribution in [0.25, 0.3) is 11.4 Å². The van der Waals surface area contributed by atoms with Crippen LogP contribution in [0.3, 0.4) is 0 Å². The zero-order valence-electron chi connectivity index (χ0n) is 12.9. The van der Waals surface area contributed by atoms with Gasteiger partial charge in [-0.05, 0) is 26.0 Å². The number of nitrogens with one attached hydrogen (secondary N) is 2. The lowest BCUT2D eigenvalue weighted by Gasteiger charge is -2.09. The third-order valence-electron chi connectivity index (χ3n) is 2.99. The predicted molar refractivity (Wildman–Crippen MR) is 82.4 cm³/mol. The van der Waals surface area contributed by atoms with E-state index in [0.29, 0.717) is 18.9 Å². The summed E-state index contributed by atoms with van der Waals surface area (Å²) in [6, 6.07) is 3.44. The first kappa shape index (κ1) is 15.7. The fourth-order valence-corrected chi connectivity index (χ4v) is 1.97. The van der Waals surface area contributed by atoms with Gasteiger partial charge in [-0.1, -0.05) is 0 Å². The fourth-order valence-electron chi connectivity index (χ4n) is 1.97. The lowest BCUT2D eigenvalue weighted by molar-refractivity contribution is 0.238. The lowest BCUT2D eigenvalue weighted by atomic mass is 10.3. The molecule has 0 aromatic carbocycles. The number of nitrogens with zero attached hydrogens (tertiary/aromatic N) is 4. The zero-order chi connectivity index (χ0) is 16.1. The average molecular weight is 304 g/mol. The molecule has 0 aliphatic heterocycles. The maximum Gasteiger partial charge on any atom is 0.345 e. The molecule has 0 saturated carbocycles. The molecule has 0 unspecified atom stereocenters.